The summed E-state index contributed by atoms with van der Waals surface area (Å²) in [6, 6.07) is 20.2. The van der Waals surface area contributed by atoms with Gasteiger partial charge in [-0.2, -0.15) is 0 Å². The fourth-order valence-corrected chi connectivity index (χ4v) is 2.30. The number of phenols is 1. The monoisotopic (exact) mass is 350 g/mol. The van der Waals surface area contributed by atoms with Crippen molar-refractivity contribution >= 4 is 17.8 Å². The van der Waals surface area contributed by atoms with Crippen molar-refractivity contribution in [3.05, 3.63) is 72.3 Å². The Balaban J connectivity index is 0.000000228. The van der Waals surface area contributed by atoms with E-state index in [1.807, 2.05) is 30.3 Å². The van der Waals surface area contributed by atoms with Gasteiger partial charge >= 0.3 is 0 Å². The second kappa shape index (κ2) is 9.13. The number of ether oxygens (including phenoxy) is 1. The van der Waals surface area contributed by atoms with Crippen molar-refractivity contribution in [3.8, 4) is 22.6 Å². The number of hydrogen-bond donors (Lipinski definition) is 3. The van der Waals surface area contributed by atoms with Gasteiger partial charge < -0.3 is 20.9 Å². The summed E-state index contributed by atoms with van der Waals surface area (Å²) in [5.41, 5.74) is 9.47. The molecule has 0 aliphatic rings. The lowest BCUT2D eigenvalue weighted by molar-refractivity contribution is -0.105. The van der Waals surface area contributed by atoms with E-state index in [9.17, 15) is 9.90 Å². The first-order chi connectivity index (χ1) is 12.5. The number of para-hydroxylation sites is 1. The van der Waals surface area contributed by atoms with E-state index in [1.54, 1.807) is 43.5 Å². The predicted molar refractivity (Wildman–Crippen MR) is 105 cm³/mol. The highest BCUT2D eigenvalue weighted by Crippen LogP contribution is 2.32. The number of methoxy groups -OCH3 is 1. The van der Waals surface area contributed by atoms with Gasteiger partial charge in [0.25, 0.3) is 0 Å². The quantitative estimate of drug-likeness (QED) is 0.486. The fourth-order valence-electron chi connectivity index (χ4n) is 2.30. The van der Waals surface area contributed by atoms with Crippen LogP contribution in [0.15, 0.2) is 66.7 Å². The van der Waals surface area contributed by atoms with E-state index in [4.69, 9.17) is 10.5 Å². The maximum atomic E-state index is 10.4. The molecule has 3 aromatic rings. The van der Waals surface area contributed by atoms with Crippen LogP contribution in [0.2, 0.25) is 0 Å². The molecule has 5 nitrogen and oxygen atoms in total. The van der Waals surface area contributed by atoms with Crippen LogP contribution in [0.4, 0.5) is 11.4 Å². The lowest BCUT2D eigenvalue weighted by atomic mass is 10.0. The number of hydrogen-bond acceptors (Lipinski definition) is 4. The van der Waals surface area contributed by atoms with Crippen molar-refractivity contribution in [2.75, 3.05) is 18.2 Å². The Hall–Kier alpha value is -3.47. The summed E-state index contributed by atoms with van der Waals surface area (Å²) < 4.78 is 4.97. The number of nitrogens with two attached hydrogens (primary N) is 1. The Morgan fingerprint density at radius 3 is 2.35 bits per heavy atom. The average Bonchev–Trinajstić information content (AvgIpc) is 2.65. The number of anilines is 2. The Bertz CT molecular complexity index is 861. The predicted octanol–water partition coefficient (Wildman–Crippen LogP) is 4.21. The molecule has 0 aliphatic heterocycles. The molecule has 0 unspecified atom stereocenters. The minimum atomic E-state index is 0.189. The Kier molecular flexibility index (Phi) is 6.62. The van der Waals surface area contributed by atoms with Gasteiger partial charge in [0.15, 0.2) is 0 Å². The molecule has 0 saturated heterocycles. The van der Waals surface area contributed by atoms with Gasteiger partial charge in [0.05, 0.1) is 18.5 Å². The van der Waals surface area contributed by atoms with Crippen molar-refractivity contribution in [1.82, 2.24) is 0 Å². The van der Waals surface area contributed by atoms with Crippen molar-refractivity contribution in [1.29, 1.82) is 0 Å². The third-order valence-corrected chi connectivity index (χ3v) is 3.74. The maximum absolute atomic E-state index is 10.4. The minimum Gasteiger partial charge on any atom is -0.507 e. The number of phenolic OH excluding ortho intramolecular Hbond substituents is 1. The van der Waals surface area contributed by atoms with Crippen LogP contribution < -0.4 is 15.8 Å². The molecule has 3 aromatic carbocycles. The molecule has 0 bridgehead atoms. The van der Waals surface area contributed by atoms with Gasteiger partial charge in [0, 0.05) is 5.56 Å². The van der Waals surface area contributed by atoms with Gasteiger partial charge in [-0.05, 0) is 42.8 Å². The average molecular weight is 350 g/mol. The van der Waals surface area contributed by atoms with Crippen molar-refractivity contribution in [2.45, 2.75) is 6.92 Å². The zero-order valence-corrected chi connectivity index (χ0v) is 14.8. The van der Waals surface area contributed by atoms with Crippen LogP contribution in [0.3, 0.4) is 0 Å². The van der Waals surface area contributed by atoms with E-state index in [0.29, 0.717) is 23.3 Å². The molecule has 134 valence electrons. The third kappa shape index (κ3) is 5.01. The lowest BCUT2D eigenvalue weighted by Gasteiger charge is -2.08. The molecule has 0 aromatic heterocycles. The minimum absolute atomic E-state index is 0.189. The van der Waals surface area contributed by atoms with Gasteiger partial charge in [-0.3, -0.25) is 4.79 Å². The highest BCUT2D eigenvalue weighted by atomic mass is 16.5. The van der Waals surface area contributed by atoms with Gasteiger partial charge in [0.2, 0.25) is 6.41 Å². The molecule has 0 aliphatic carbocycles. The summed E-state index contributed by atoms with van der Waals surface area (Å²) in [5.74, 6) is 1.11. The van der Waals surface area contributed by atoms with Crippen molar-refractivity contribution < 1.29 is 14.6 Å². The topological polar surface area (TPSA) is 84.6 Å². The second-order valence-electron chi connectivity index (χ2n) is 5.60. The van der Waals surface area contributed by atoms with E-state index >= 15 is 0 Å². The molecule has 0 fully saturated rings. The molecule has 0 spiro atoms. The number of benzene rings is 3. The molecule has 0 radical (unpaired) electrons. The zero-order valence-electron chi connectivity index (χ0n) is 14.8. The summed E-state index contributed by atoms with van der Waals surface area (Å²) in [7, 11) is 1.67. The molecule has 0 saturated carbocycles. The number of rotatable bonds is 4. The summed E-state index contributed by atoms with van der Waals surface area (Å²) in [4.78, 5) is 10.4. The summed E-state index contributed by atoms with van der Waals surface area (Å²) in [6.07, 6.45) is 0.570. The summed E-state index contributed by atoms with van der Waals surface area (Å²) in [6.45, 7) is 2.06. The fraction of sp³-hybridized carbons (Fsp3) is 0.0952. The molecule has 4 N–H and O–H groups in total. The third-order valence-electron chi connectivity index (χ3n) is 3.74. The van der Waals surface area contributed by atoms with Gasteiger partial charge in [0.1, 0.15) is 11.5 Å². The largest absolute Gasteiger partial charge is 0.507 e. The van der Waals surface area contributed by atoms with Crippen LogP contribution in [-0.4, -0.2) is 18.6 Å². The van der Waals surface area contributed by atoms with Gasteiger partial charge in [-0.25, -0.2) is 0 Å². The number of amides is 1. The van der Waals surface area contributed by atoms with E-state index < -0.39 is 0 Å². The first-order valence-corrected chi connectivity index (χ1v) is 8.04. The zero-order chi connectivity index (χ0) is 18.9. The SMILES string of the molecule is COc1ccc(C)cc1.Nc1ccc(-c2ccccc2O)cc1NC=O. The Morgan fingerprint density at radius 1 is 1.04 bits per heavy atom. The smallest absolute Gasteiger partial charge is 0.211 e. The highest BCUT2D eigenvalue weighted by Gasteiger charge is 2.06. The van der Waals surface area contributed by atoms with E-state index in [1.165, 1.54) is 5.56 Å². The van der Waals surface area contributed by atoms with Crippen LogP contribution in [0.5, 0.6) is 11.5 Å². The van der Waals surface area contributed by atoms with E-state index in [-0.39, 0.29) is 5.75 Å². The van der Waals surface area contributed by atoms with E-state index in [0.717, 1.165) is 11.3 Å². The summed E-state index contributed by atoms with van der Waals surface area (Å²) >= 11 is 0. The molecule has 0 atom stereocenters. The van der Waals surface area contributed by atoms with Crippen LogP contribution in [0, 0.1) is 6.92 Å². The standard InChI is InChI=1S/C13H12N2O2.C8H10O/c14-11-6-5-9(7-12(11)15-8-16)10-3-1-2-4-13(10)17;1-7-3-5-8(9-2)6-4-7/h1-8,17H,14H2,(H,15,16);3-6H,1-2H3. The number of nitrogens with one attached hydrogen (secondary N) is 1. The van der Waals surface area contributed by atoms with Crippen molar-refractivity contribution in [3.63, 3.8) is 0 Å². The molecule has 3 rings (SSSR count). The second-order valence-corrected chi connectivity index (χ2v) is 5.60. The van der Waals surface area contributed by atoms with Gasteiger partial charge in [-0.1, -0.05) is 42.0 Å². The normalized spacial score (nSPS) is 9.62. The first-order valence-electron chi connectivity index (χ1n) is 8.04. The molecule has 26 heavy (non-hydrogen) atoms. The number of carbonyl (C=O) groups is 1. The van der Waals surface area contributed by atoms with Crippen LogP contribution >= 0.6 is 0 Å². The van der Waals surface area contributed by atoms with Crippen LogP contribution in [0.25, 0.3) is 11.1 Å². The number of aromatic hydroxyl groups is 1. The lowest BCUT2D eigenvalue weighted by Crippen LogP contribution is -1.99. The molecular formula is C21H22N2O3. The number of carbonyl (C=O) groups excluding carboxylic acids is 1. The van der Waals surface area contributed by atoms with Crippen molar-refractivity contribution in [2.24, 2.45) is 0 Å². The van der Waals surface area contributed by atoms with Crippen LogP contribution in [-0.2, 0) is 4.79 Å². The Morgan fingerprint density at radius 2 is 1.73 bits per heavy atom. The highest BCUT2D eigenvalue weighted by molar-refractivity contribution is 5.84. The number of aryl methyl sites for hydroxylation is 1. The summed E-state index contributed by atoms with van der Waals surface area (Å²) in [5, 5.41) is 12.3. The molecular weight excluding hydrogens is 328 g/mol. The number of nitrogen functional groups attached to an aromatic ring is 1. The Labute approximate surface area is 153 Å². The van der Waals surface area contributed by atoms with Crippen LogP contribution in [0.1, 0.15) is 5.56 Å². The molecule has 0 heterocycles. The van der Waals surface area contributed by atoms with E-state index in [2.05, 4.69) is 12.2 Å². The first kappa shape index (κ1) is 18.9. The molecule has 5 heteroatoms. The molecule has 1 amide bonds. The maximum Gasteiger partial charge on any atom is 0.211 e. The van der Waals surface area contributed by atoms with Gasteiger partial charge in [-0.15, -0.1) is 0 Å².